The maximum Gasteiger partial charge on any atom is 0.336 e. The maximum atomic E-state index is 12.3. The Kier molecular flexibility index (Phi) is 10.4. The summed E-state index contributed by atoms with van der Waals surface area (Å²) in [5.41, 5.74) is 4.00. The third kappa shape index (κ3) is 7.91. The molecular formula is C21H24N2O10. The summed E-state index contributed by atoms with van der Waals surface area (Å²) in [7, 11) is 0. The molecule has 0 spiro atoms. The average Bonchev–Trinajstić information content (AvgIpc) is 2.79. The van der Waals surface area contributed by atoms with Crippen LogP contribution in [-0.2, 0) is 34.4 Å². The summed E-state index contributed by atoms with van der Waals surface area (Å²) in [5.74, 6) is -2.94. The van der Waals surface area contributed by atoms with Crippen LogP contribution in [0.5, 0.6) is 0 Å². The quantitative estimate of drug-likeness (QED) is 0.136. The lowest BCUT2D eigenvalue weighted by atomic mass is 10.0. The zero-order valence-corrected chi connectivity index (χ0v) is 17.4. The number of carbonyl (C=O) groups is 3. The molecule has 0 unspecified atom stereocenters. The number of hydrogen-bond donors (Lipinski definition) is 6. The number of hydroxylamine groups is 1. The van der Waals surface area contributed by atoms with Crippen LogP contribution >= 0.6 is 0 Å². The molecule has 0 heterocycles. The van der Waals surface area contributed by atoms with Gasteiger partial charge in [0.05, 0.1) is 23.3 Å². The Bertz CT molecular complexity index is 980. The number of amides is 1. The number of hydrogen-bond acceptors (Lipinski definition) is 9. The number of benzene rings is 2. The van der Waals surface area contributed by atoms with Gasteiger partial charge in [0.1, 0.15) is 13.2 Å². The molecule has 12 nitrogen and oxygen atoms in total. The molecule has 6 N–H and O–H groups in total. The highest BCUT2D eigenvalue weighted by molar-refractivity contribution is 6.04. The molecule has 0 aromatic heterocycles. The zero-order chi connectivity index (χ0) is 24.2. The van der Waals surface area contributed by atoms with Gasteiger partial charge in [-0.2, -0.15) is 0 Å². The number of carbonyl (C=O) groups excluding carboxylic acids is 1. The van der Waals surface area contributed by atoms with Crippen LogP contribution in [0.15, 0.2) is 36.4 Å². The van der Waals surface area contributed by atoms with Gasteiger partial charge in [-0.05, 0) is 47.4 Å². The molecule has 1 amide bonds. The molecule has 0 saturated heterocycles. The second-order valence-electron chi connectivity index (χ2n) is 6.81. The molecule has 2 aromatic rings. The average molecular weight is 464 g/mol. The van der Waals surface area contributed by atoms with Crippen molar-refractivity contribution in [2.45, 2.75) is 26.2 Å². The molecule has 0 fully saturated rings. The summed E-state index contributed by atoms with van der Waals surface area (Å²) in [4.78, 5) is 48.2. The second kappa shape index (κ2) is 13.2. The lowest BCUT2D eigenvalue weighted by Gasteiger charge is -2.11. The van der Waals surface area contributed by atoms with E-state index in [0.29, 0.717) is 29.7 Å². The fourth-order valence-electron chi connectivity index (χ4n) is 2.89. The van der Waals surface area contributed by atoms with Crippen molar-refractivity contribution in [3.63, 3.8) is 0 Å². The number of nitrogens with one attached hydrogen (secondary N) is 2. The Morgan fingerprint density at radius 3 is 2.21 bits per heavy atom. The number of carboxylic acids is 2. The van der Waals surface area contributed by atoms with Crippen molar-refractivity contribution >= 4 is 17.8 Å². The Morgan fingerprint density at radius 2 is 1.55 bits per heavy atom. The van der Waals surface area contributed by atoms with Crippen molar-refractivity contribution in [1.82, 2.24) is 10.8 Å². The normalized spacial score (nSPS) is 10.7. The van der Waals surface area contributed by atoms with E-state index < -0.39 is 17.8 Å². The highest BCUT2D eigenvalue weighted by atomic mass is 17.1. The van der Waals surface area contributed by atoms with Gasteiger partial charge in [0, 0.05) is 13.1 Å². The largest absolute Gasteiger partial charge is 0.478 e. The zero-order valence-electron chi connectivity index (χ0n) is 17.4. The van der Waals surface area contributed by atoms with E-state index in [2.05, 4.69) is 20.6 Å². The lowest BCUT2D eigenvalue weighted by Crippen LogP contribution is -2.28. The van der Waals surface area contributed by atoms with E-state index in [-0.39, 0.29) is 43.1 Å². The summed E-state index contributed by atoms with van der Waals surface area (Å²) in [6.07, 6.45) is 0.467. The first kappa shape index (κ1) is 25.9. The van der Waals surface area contributed by atoms with Crippen LogP contribution in [0.1, 0.15) is 54.2 Å². The summed E-state index contributed by atoms with van der Waals surface area (Å²) >= 11 is 0. The molecule has 2 aromatic carbocycles. The van der Waals surface area contributed by atoms with Crippen LogP contribution < -0.4 is 10.8 Å². The van der Waals surface area contributed by atoms with E-state index in [4.69, 9.17) is 20.5 Å². The second-order valence-corrected chi connectivity index (χ2v) is 6.81. The smallest absolute Gasteiger partial charge is 0.336 e. The van der Waals surface area contributed by atoms with Gasteiger partial charge in [0.25, 0.3) is 5.91 Å². The minimum absolute atomic E-state index is 0.0168. The summed E-state index contributed by atoms with van der Waals surface area (Å²) in [5, 5.41) is 38.1. The third-order valence-electron chi connectivity index (χ3n) is 4.53. The van der Waals surface area contributed by atoms with E-state index >= 15 is 0 Å². The Hall–Kier alpha value is -3.39. The molecule has 0 saturated carbocycles. The van der Waals surface area contributed by atoms with Gasteiger partial charge >= 0.3 is 11.9 Å². The van der Waals surface area contributed by atoms with Crippen molar-refractivity contribution in [3.8, 4) is 0 Å². The molecule has 0 aliphatic rings. The third-order valence-corrected chi connectivity index (χ3v) is 4.53. The van der Waals surface area contributed by atoms with E-state index in [9.17, 15) is 19.5 Å². The van der Waals surface area contributed by atoms with Crippen LogP contribution in [0, 0.1) is 0 Å². The fraction of sp³-hybridized carbons (Fsp3) is 0.286. The van der Waals surface area contributed by atoms with Gasteiger partial charge in [0.15, 0.2) is 0 Å². The van der Waals surface area contributed by atoms with Crippen molar-refractivity contribution in [1.29, 1.82) is 0 Å². The molecular weight excluding hydrogens is 440 g/mol. The van der Waals surface area contributed by atoms with Gasteiger partial charge in [-0.3, -0.25) is 20.1 Å². The van der Waals surface area contributed by atoms with E-state index in [1.54, 1.807) is 6.07 Å². The Morgan fingerprint density at radius 1 is 0.788 bits per heavy atom. The van der Waals surface area contributed by atoms with Gasteiger partial charge in [-0.1, -0.05) is 12.1 Å². The molecule has 33 heavy (non-hydrogen) atoms. The molecule has 0 bridgehead atoms. The molecule has 2 rings (SSSR count). The molecule has 12 heteroatoms. The summed E-state index contributed by atoms with van der Waals surface area (Å²) < 4.78 is 0. The number of rotatable bonds is 14. The standard InChI is InChI=1S/C21H24N2O10/c24-19(17-5-2-13(10-32-29)8-18(17)21(27)28)22-6-1-7-23-31-11-15-4-3-14(20(25)26)9-16(15)12-33-30/h2-5,8-9,23,29-30H,1,6-7,10-12H2,(H,22,24)(H,25,26)(H,27,28). The lowest BCUT2D eigenvalue weighted by molar-refractivity contribution is -0.253. The first-order valence-electron chi connectivity index (χ1n) is 9.74. The van der Waals surface area contributed by atoms with Crippen LogP contribution in [0.25, 0.3) is 0 Å². The first-order valence-corrected chi connectivity index (χ1v) is 9.74. The van der Waals surface area contributed by atoms with Crippen LogP contribution in [0.2, 0.25) is 0 Å². The highest BCUT2D eigenvalue weighted by Gasteiger charge is 2.17. The van der Waals surface area contributed by atoms with Crippen molar-refractivity contribution in [2.75, 3.05) is 13.1 Å². The topological polar surface area (TPSA) is 184 Å². The van der Waals surface area contributed by atoms with E-state index in [0.717, 1.165) is 0 Å². The van der Waals surface area contributed by atoms with Gasteiger partial charge in [0.2, 0.25) is 0 Å². The first-order chi connectivity index (χ1) is 15.9. The molecule has 0 aliphatic carbocycles. The molecule has 0 atom stereocenters. The van der Waals surface area contributed by atoms with Gasteiger partial charge in [-0.25, -0.2) is 24.8 Å². The van der Waals surface area contributed by atoms with Crippen LogP contribution in [0.3, 0.4) is 0 Å². The molecule has 0 radical (unpaired) electrons. The Balaban J connectivity index is 1.78. The summed E-state index contributed by atoms with van der Waals surface area (Å²) in [6.45, 7) is 0.283. The van der Waals surface area contributed by atoms with Crippen LogP contribution in [0.4, 0.5) is 0 Å². The Labute approximate surface area is 188 Å². The maximum absolute atomic E-state index is 12.3. The van der Waals surface area contributed by atoms with Crippen molar-refractivity contribution < 1.29 is 49.7 Å². The van der Waals surface area contributed by atoms with Gasteiger partial charge < -0.3 is 15.5 Å². The van der Waals surface area contributed by atoms with E-state index in [1.807, 2.05) is 0 Å². The predicted octanol–water partition coefficient (Wildman–Crippen LogP) is 1.90. The molecule has 0 aliphatic heterocycles. The number of aromatic carboxylic acids is 2. The van der Waals surface area contributed by atoms with Gasteiger partial charge in [-0.15, -0.1) is 0 Å². The highest BCUT2D eigenvalue weighted by Crippen LogP contribution is 2.15. The number of carboxylic acid groups (broad SMARTS) is 2. The molecule has 178 valence electrons. The minimum Gasteiger partial charge on any atom is -0.478 e. The van der Waals surface area contributed by atoms with E-state index in [1.165, 1.54) is 30.3 Å². The van der Waals surface area contributed by atoms with Crippen molar-refractivity contribution in [3.05, 3.63) is 69.8 Å². The summed E-state index contributed by atoms with van der Waals surface area (Å²) in [6, 6.07) is 8.41. The minimum atomic E-state index is -1.28. The monoisotopic (exact) mass is 464 g/mol. The SMILES string of the molecule is O=C(O)c1ccc(CONCCCNC(=O)c2ccc(COO)cc2C(=O)O)c(COO)c1. The van der Waals surface area contributed by atoms with Crippen LogP contribution in [-0.4, -0.2) is 51.7 Å². The predicted molar refractivity (Wildman–Crippen MR) is 111 cm³/mol. The fourth-order valence-corrected chi connectivity index (χ4v) is 2.89. The van der Waals surface area contributed by atoms with Crippen molar-refractivity contribution in [2.24, 2.45) is 0 Å².